The van der Waals surface area contributed by atoms with E-state index < -0.39 is 6.10 Å². The minimum absolute atomic E-state index is 0.0793. The summed E-state index contributed by atoms with van der Waals surface area (Å²) in [6.45, 7) is 6.63. The van der Waals surface area contributed by atoms with Gasteiger partial charge in [0.25, 0.3) is 0 Å². The third-order valence-electron chi connectivity index (χ3n) is 14.0. The Morgan fingerprint density at radius 1 is 0.274 bits per heavy atom. The molecular weight excluding hydrogens is 901 g/mol. The van der Waals surface area contributed by atoms with Crippen LogP contribution in [0.5, 0.6) is 0 Å². The molecular formula is C67H120O6. The maximum absolute atomic E-state index is 12.9. The van der Waals surface area contributed by atoms with Gasteiger partial charge < -0.3 is 14.2 Å². The zero-order valence-corrected chi connectivity index (χ0v) is 48.7. The molecule has 0 N–H and O–H groups in total. The lowest BCUT2D eigenvalue weighted by Gasteiger charge is -2.18. The topological polar surface area (TPSA) is 78.9 Å². The number of hydrogen-bond donors (Lipinski definition) is 0. The minimum Gasteiger partial charge on any atom is -0.462 e. The Bertz CT molecular complexity index is 1310. The predicted molar refractivity (Wildman–Crippen MR) is 316 cm³/mol. The van der Waals surface area contributed by atoms with Crippen LogP contribution in [0.25, 0.3) is 0 Å². The van der Waals surface area contributed by atoms with Gasteiger partial charge in [0, 0.05) is 19.3 Å². The second-order valence-electron chi connectivity index (χ2n) is 21.3. The van der Waals surface area contributed by atoms with Crippen molar-refractivity contribution in [2.24, 2.45) is 0 Å². The van der Waals surface area contributed by atoms with E-state index in [1.165, 1.54) is 212 Å². The Balaban J connectivity index is 4.34. The van der Waals surface area contributed by atoms with E-state index in [1.54, 1.807) is 0 Å². The van der Waals surface area contributed by atoms with Crippen LogP contribution in [0.3, 0.4) is 0 Å². The van der Waals surface area contributed by atoms with Crippen molar-refractivity contribution in [1.29, 1.82) is 0 Å². The molecule has 0 saturated carbocycles. The van der Waals surface area contributed by atoms with Crippen molar-refractivity contribution in [2.45, 2.75) is 335 Å². The molecule has 0 aliphatic rings. The molecule has 0 aromatic carbocycles. The number of carbonyl (C=O) groups excluding carboxylic acids is 3. The number of esters is 3. The number of unbranched alkanes of at least 4 members (excludes halogenated alkanes) is 37. The van der Waals surface area contributed by atoms with Gasteiger partial charge in [-0.1, -0.05) is 261 Å². The Kier molecular flexibility index (Phi) is 59.2. The minimum atomic E-state index is -0.782. The normalized spacial score (nSPS) is 12.4. The van der Waals surface area contributed by atoms with E-state index in [0.717, 1.165) is 77.0 Å². The molecule has 0 fully saturated rings. The molecule has 1 unspecified atom stereocenters. The Morgan fingerprint density at radius 2 is 0.493 bits per heavy atom. The number of carbonyl (C=O) groups is 3. The fourth-order valence-corrected chi connectivity index (χ4v) is 9.15. The highest BCUT2D eigenvalue weighted by Crippen LogP contribution is 2.16. The standard InChI is InChI=1S/C67H120O6/c1-4-7-10-13-16-19-22-25-27-29-31-33-35-37-39-42-45-48-51-54-57-60-66(69)72-63-64(62-71-65(68)59-56-53-50-47-44-41-24-21-18-15-12-9-6-3)73-67(70)61-58-55-52-49-46-43-40-38-36-34-32-30-28-26-23-20-17-14-11-8-5-2/h21-26,29-32,64H,4-20,27-28,33-63H2,1-3H3/b24-21-,25-22-,26-23-,31-29-,32-30-. The maximum atomic E-state index is 12.9. The Hall–Kier alpha value is -2.89. The average molecular weight is 1020 g/mol. The average Bonchev–Trinajstić information content (AvgIpc) is 3.39. The molecule has 1 atom stereocenters. The molecule has 0 aliphatic heterocycles. The van der Waals surface area contributed by atoms with Gasteiger partial charge in [-0.15, -0.1) is 0 Å². The van der Waals surface area contributed by atoms with Gasteiger partial charge in [-0.2, -0.15) is 0 Å². The van der Waals surface area contributed by atoms with Crippen molar-refractivity contribution in [1.82, 2.24) is 0 Å². The van der Waals surface area contributed by atoms with Crippen LogP contribution in [0, 0.1) is 0 Å². The van der Waals surface area contributed by atoms with Gasteiger partial charge in [-0.3, -0.25) is 14.4 Å². The van der Waals surface area contributed by atoms with E-state index in [1.807, 2.05) is 0 Å². The van der Waals surface area contributed by atoms with Gasteiger partial charge in [0.05, 0.1) is 0 Å². The molecule has 0 amide bonds. The van der Waals surface area contributed by atoms with Crippen LogP contribution < -0.4 is 0 Å². The van der Waals surface area contributed by atoms with Gasteiger partial charge in [-0.05, 0) is 109 Å². The Morgan fingerprint density at radius 3 is 0.781 bits per heavy atom. The molecule has 0 aromatic rings. The van der Waals surface area contributed by atoms with Crippen molar-refractivity contribution in [3.8, 4) is 0 Å². The molecule has 424 valence electrons. The summed E-state index contributed by atoms with van der Waals surface area (Å²) in [5.74, 6) is -0.881. The molecule has 6 heteroatoms. The van der Waals surface area contributed by atoms with Gasteiger partial charge in [0.1, 0.15) is 13.2 Å². The smallest absolute Gasteiger partial charge is 0.306 e. The summed E-state index contributed by atoms with van der Waals surface area (Å²) in [4.78, 5) is 38.3. The third-order valence-corrected chi connectivity index (χ3v) is 14.0. The van der Waals surface area contributed by atoms with Gasteiger partial charge in [0.15, 0.2) is 6.10 Å². The zero-order chi connectivity index (χ0) is 52.9. The first-order valence-electron chi connectivity index (χ1n) is 31.8. The zero-order valence-electron chi connectivity index (χ0n) is 48.7. The van der Waals surface area contributed by atoms with E-state index >= 15 is 0 Å². The van der Waals surface area contributed by atoms with E-state index in [2.05, 4.69) is 81.5 Å². The maximum Gasteiger partial charge on any atom is 0.306 e. The second-order valence-corrected chi connectivity index (χ2v) is 21.3. The first-order valence-corrected chi connectivity index (χ1v) is 31.8. The summed E-state index contributed by atoms with van der Waals surface area (Å²) in [6.07, 6.45) is 77.9. The van der Waals surface area contributed by atoms with E-state index in [0.29, 0.717) is 19.3 Å². The highest BCUT2D eigenvalue weighted by Gasteiger charge is 2.19. The molecule has 0 saturated heterocycles. The summed E-state index contributed by atoms with van der Waals surface area (Å²) in [7, 11) is 0. The van der Waals surface area contributed by atoms with Gasteiger partial charge in [-0.25, -0.2) is 0 Å². The van der Waals surface area contributed by atoms with E-state index in [4.69, 9.17) is 14.2 Å². The van der Waals surface area contributed by atoms with Crippen LogP contribution in [-0.4, -0.2) is 37.2 Å². The van der Waals surface area contributed by atoms with Crippen molar-refractivity contribution in [2.75, 3.05) is 13.2 Å². The number of hydrogen-bond acceptors (Lipinski definition) is 6. The Labute approximate surface area is 453 Å². The number of ether oxygens (including phenoxy) is 3. The highest BCUT2D eigenvalue weighted by atomic mass is 16.6. The summed E-state index contributed by atoms with van der Waals surface area (Å²) in [5, 5.41) is 0. The van der Waals surface area contributed by atoms with E-state index in [9.17, 15) is 14.4 Å². The summed E-state index contributed by atoms with van der Waals surface area (Å²) in [5.41, 5.74) is 0. The first-order chi connectivity index (χ1) is 36.0. The molecule has 6 nitrogen and oxygen atoms in total. The highest BCUT2D eigenvalue weighted by molar-refractivity contribution is 5.71. The molecule has 73 heavy (non-hydrogen) atoms. The number of allylic oxidation sites excluding steroid dienone is 10. The van der Waals surface area contributed by atoms with Gasteiger partial charge >= 0.3 is 17.9 Å². The van der Waals surface area contributed by atoms with Gasteiger partial charge in [0.2, 0.25) is 0 Å². The number of rotatable bonds is 58. The molecule has 0 heterocycles. The molecule has 0 aromatic heterocycles. The fraction of sp³-hybridized carbons (Fsp3) is 0.806. The van der Waals surface area contributed by atoms with Crippen molar-refractivity contribution in [3.05, 3.63) is 60.8 Å². The van der Waals surface area contributed by atoms with Crippen LogP contribution in [0.4, 0.5) is 0 Å². The lowest BCUT2D eigenvalue weighted by molar-refractivity contribution is -0.167. The molecule has 0 bridgehead atoms. The predicted octanol–water partition coefficient (Wildman–Crippen LogP) is 21.6. The van der Waals surface area contributed by atoms with Crippen molar-refractivity contribution in [3.63, 3.8) is 0 Å². The summed E-state index contributed by atoms with van der Waals surface area (Å²) < 4.78 is 16.9. The van der Waals surface area contributed by atoms with Crippen LogP contribution in [0.2, 0.25) is 0 Å². The van der Waals surface area contributed by atoms with Crippen molar-refractivity contribution >= 4 is 17.9 Å². The van der Waals surface area contributed by atoms with Crippen molar-refractivity contribution < 1.29 is 28.6 Å². The van der Waals surface area contributed by atoms with Crippen LogP contribution in [-0.2, 0) is 28.6 Å². The monoisotopic (exact) mass is 1020 g/mol. The van der Waals surface area contributed by atoms with Crippen LogP contribution in [0.1, 0.15) is 329 Å². The van der Waals surface area contributed by atoms with E-state index in [-0.39, 0.29) is 31.1 Å². The second kappa shape index (κ2) is 61.7. The lowest BCUT2D eigenvalue weighted by atomic mass is 10.1. The summed E-state index contributed by atoms with van der Waals surface area (Å²) in [6, 6.07) is 0. The summed E-state index contributed by atoms with van der Waals surface area (Å²) >= 11 is 0. The quantitative estimate of drug-likeness (QED) is 0.0261. The molecule has 0 aliphatic carbocycles. The van der Waals surface area contributed by atoms with Crippen LogP contribution in [0.15, 0.2) is 60.8 Å². The first kappa shape index (κ1) is 70.1. The SMILES string of the molecule is CCCCCC/C=C\CCCCCCCC(=O)OCC(COC(=O)CCCCCCCCCCC/C=C\C/C=C\CCCCCCC)OC(=O)CCCCCCCCCCC/C=C\C/C=C\CCCCCCC. The molecule has 0 spiro atoms. The largest absolute Gasteiger partial charge is 0.462 e. The third kappa shape index (κ3) is 59.9. The van der Waals surface area contributed by atoms with Crippen LogP contribution >= 0.6 is 0 Å². The molecule has 0 rings (SSSR count). The lowest BCUT2D eigenvalue weighted by Crippen LogP contribution is -2.30. The molecule has 0 radical (unpaired) electrons. The fourth-order valence-electron chi connectivity index (χ4n) is 9.15.